The maximum absolute atomic E-state index is 12.8. The predicted molar refractivity (Wildman–Crippen MR) is 101 cm³/mol. The Bertz CT molecular complexity index is 678. The molecule has 2 rings (SSSR count). The van der Waals surface area contributed by atoms with E-state index in [4.69, 9.17) is 9.84 Å². The first kappa shape index (κ1) is 21.3. The van der Waals surface area contributed by atoms with E-state index >= 15 is 0 Å². The molecule has 1 aromatic heterocycles. The number of carboxylic acids is 1. The minimum Gasteiger partial charge on any atom is -0.480 e. The summed E-state index contributed by atoms with van der Waals surface area (Å²) >= 11 is 1.34. The summed E-state index contributed by atoms with van der Waals surface area (Å²) in [5.41, 5.74) is 0. The average molecular weight is 397 g/mol. The van der Waals surface area contributed by atoms with Gasteiger partial charge in [0, 0.05) is 32.7 Å². The highest BCUT2D eigenvalue weighted by molar-refractivity contribution is 7.13. The number of aliphatic carboxylic acids is 1. The summed E-state index contributed by atoms with van der Waals surface area (Å²) < 4.78 is 5.52. The smallest absolute Gasteiger partial charge is 0.323 e. The van der Waals surface area contributed by atoms with Crippen LogP contribution in [0.3, 0.4) is 0 Å². The molecule has 0 spiro atoms. The van der Waals surface area contributed by atoms with Crippen LogP contribution in [0.1, 0.15) is 60.8 Å². The molecule has 0 bridgehead atoms. The lowest BCUT2D eigenvalue weighted by Gasteiger charge is -2.28. The van der Waals surface area contributed by atoms with E-state index in [1.165, 1.54) is 23.2 Å². The van der Waals surface area contributed by atoms with Gasteiger partial charge in [-0.2, -0.15) is 0 Å². The van der Waals surface area contributed by atoms with E-state index in [0.717, 1.165) is 11.4 Å². The lowest BCUT2D eigenvalue weighted by atomic mass is 10.1. The Morgan fingerprint density at radius 2 is 2.15 bits per heavy atom. The Labute approximate surface area is 163 Å². The van der Waals surface area contributed by atoms with E-state index in [1.54, 1.807) is 11.1 Å². The van der Waals surface area contributed by atoms with Crippen molar-refractivity contribution in [2.75, 3.05) is 26.2 Å². The van der Waals surface area contributed by atoms with Crippen LogP contribution in [0.25, 0.3) is 0 Å². The van der Waals surface area contributed by atoms with E-state index < -0.39 is 5.97 Å². The van der Waals surface area contributed by atoms with Gasteiger partial charge in [0.25, 0.3) is 5.91 Å². The van der Waals surface area contributed by atoms with E-state index in [1.807, 2.05) is 13.8 Å². The molecule has 1 aliphatic heterocycles. The number of hydrogen-bond donors (Lipinski definition) is 1. The molecule has 150 valence electrons. The van der Waals surface area contributed by atoms with Gasteiger partial charge in [0.1, 0.15) is 22.5 Å². The highest BCUT2D eigenvalue weighted by Gasteiger charge is 2.28. The lowest BCUT2D eigenvalue weighted by molar-refractivity contribution is -0.145. The van der Waals surface area contributed by atoms with Crippen molar-refractivity contribution in [3.8, 4) is 0 Å². The molecule has 0 aliphatic carbocycles. The van der Waals surface area contributed by atoms with Crippen molar-refractivity contribution >= 4 is 29.1 Å². The molecular weight excluding hydrogens is 370 g/mol. The molecule has 27 heavy (non-hydrogen) atoms. The number of carbonyl (C=O) groups excluding carboxylic acids is 2. The molecule has 1 aromatic rings. The number of likely N-dealkylation sites (tertiary alicyclic amines) is 1. The Morgan fingerprint density at radius 3 is 2.78 bits per heavy atom. The number of amides is 2. The maximum atomic E-state index is 12.8. The zero-order valence-electron chi connectivity index (χ0n) is 16.0. The topological polar surface area (TPSA) is 100 Å². The number of aromatic nitrogens is 1. The van der Waals surface area contributed by atoms with Gasteiger partial charge in [0.05, 0.1) is 6.20 Å². The highest BCUT2D eigenvalue weighted by Crippen LogP contribution is 2.25. The monoisotopic (exact) mass is 397 g/mol. The minimum atomic E-state index is -1.03. The zero-order chi connectivity index (χ0) is 20.0. The van der Waals surface area contributed by atoms with E-state index in [-0.39, 0.29) is 30.5 Å². The van der Waals surface area contributed by atoms with Crippen LogP contribution in [0.4, 0.5) is 0 Å². The van der Waals surface area contributed by atoms with Gasteiger partial charge >= 0.3 is 5.97 Å². The van der Waals surface area contributed by atoms with Crippen LogP contribution >= 0.6 is 11.3 Å². The Hall–Kier alpha value is -2.00. The third-order valence-electron chi connectivity index (χ3n) is 4.63. The third kappa shape index (κ3) is 5.74. The molecule has 2 amide bonds. The van der Waals surface area contributed by atoms with Crippen molar-refractivity contribution in [1.82, 2.24) is 14.8 Å². The van der Waals surface area contributed by atoms with Crippen LogP contribution in [0.2, 0.25) is 0 Å². The fraction of sp³-hybridized carbons (Fsp3) is 0.667. The number of carboxylic acid groups (broad SMARTS) is 1. The molecule has 1 aliphatic rings. The van der Waals surface area contributed by atoms with Crippen molar-refractivity contribution in [2.45, 2.75) is 52.2 Å². The standard InChI is InChI=1S/C18H27N3O5S/c1-4-26-12(2)17-19-10-15(27-17)18(25)20-8-5-6-14(7-9-20)21(13(3)22)11-16(23)24/h10,12,14H,4-9,11H2,1-3H3,(H,23,24). The van der Waals surface area contributed by atoms with E-state index in [9.17, 15) is 14.4 Å². The number of thiazole rings is 1. The summed E-state index contributed by atoms with van der Waals surface area (Å²) in [6.07, 6.45) is 3.43. The van der Waals surface area contributed by atoms with Crippen molar-refractivity contribution in [2.24, 2.45) is 0 Å². The molecule has 2 atom stereocenters. The molecule has 2 unspecified atom stereocenters. The first-order valence-corrected chi connectivity index (χ1v) is 10.0. The predicted octanol–water partition coefficient (Wildman–Crippen LogP) is 2.17. The van der Waals surface area contributed by atoms with Gasteiger partial charge in [0.2, 0.25) is 5.91 Å². The summed E-state index contributed by atoms with van der Waals surface area (Å²) in [5, 5.41) is 9.81. The second kappa shape index (κ2) is 9.80. The molecule has 0 aromatic carbocycles. The Kier molecular flexibility index (Phi) is 7.73. The molecule has 9 heteroatoms. The number of nitrogens with zero attached hydrogens (tertiary/aromatic N) is 3. The van der Waals surface area contributed by atoms with Gasteiger partial charge in [-0.15, -0.1) is 11.3 Å². The molecule has 1 fully saturated rings. The first-order valence-electron chi connectivity index (χ1n) is 9.19. The van der Waals surface area contributed by atoms with Crippen molar-refractivity contribution in [3.05, 3.63) is 16.1 Å². The van der Waals surface area contributed by atoms with Gasteiger partial charge < -0.3 is 19.6 Å². The Morgan fingerprint density at radius 1 is 1.41 bits per heavy atom. The second-order valence-electron chi connectivity index (χ2n) is 6.58. The molecule has 0 radical (unpaired) electrons. The normalized spacial score (nSPS) is 18.6. The minimum absolute atomic E-state index is 0.0734. The summed E-state index contributed by atoms with van der Waals surface area (Å²) in [6.45, 7) is 6.56. The van der Waals surface area contributed by atoms with Crippen LogP contribution in [0.5, 0.6) is 0 Å². The largest absolute Gasteiger partial charge is 0.480 e. The molecule has 8 nitrogen and oxygen atoms in total. The van der Waals surface area contributed by atoms with Gasteiger partial charge in [-0.1, -0.05) is 0 Å². The zero-order valence-corrected chi connectivity index (χ0v) is 16.8. The highest BCUT2D eigenvalue weighted by atomic mass is 32.1. The molecule has 0 saturated carbocycles. The van der Waals surface area contributed by atoms with E-state index in [2.05, 4.69) is 4.98 Å². The maximum Gasteiger partial charge on any atom is 0.323 e. The third-order valence-corrected chi connectivity index (χ3v) is 5.78. The average Bonchev–Trinajstić information content (AvgIpc) is 2.98. The number of carbonyl (C=O) groups is 3. The quantitative estimate of drug-likeness (QED) is 0.757. The van der Waals surface area contributed by atoms with Crippen LogP contribution in [0.15, 0.2) is 6.20 Å². The molecular formula is C18H27N3O5S. The fourth-order valence-corrected chi connectivity index (χ4v) is 4.17. The first-order chi connectivity index (χ1) is 12.8. The number of hydrogen-bond acceptors (Lipinski definition) is 6. The van der Waals surface area contributed by atoms with Crippen molar-refractivity contribution < 1.29 is 24.2 Å². The summed E-state index contributed by atoms with van der Waals surface area (Å²) in [5.74, 6) is -1.35. The Balaban J connectivity index is 2.01. The van der Waals surface area contributed by atoms with Gasteiger partial charge in [-0.05, 0) is 33.1 Å². The molecule has 1 saturated heterocycles. The second-order valence-corrected chi connectivity index (χ2v) is 7.64. The summed E-state index contributed by atoms with van der Waals surface area (Å²) in [7, 11) is 0. The van der Waals surface area contributed by atoms with Crippen molar-refractivity contribution in [1.29, 1.82) is 0 Å². The van der Waals surface area contributed by atoms with E-state index in [0.29, 0.717) is 37.4 Å². The van der Waals surface area contributed by atoms with Gasteiger partial charge in [-0.25, -0.2) is 4.98 Å². The summed E-state index contributed by atoms with van der Waals surface area (Å²) in [6, 6.07) is -0.161. The van der Waals surface area contributed by atoms with Crippen LogP contribution in [-0.2, 0) is 14.3 Å². The number of ether oxygens (including phenoxy) is 1. The van der Waals surface area contributed by atoms with Crippen LogP contribution in [0, 0.1) is 0 Å². The van der Waals surface area contributed by atoms with Crippen molar-refractivity contribution in [3.63, 3.8) is 0 Å². The summed E-state index contributed by atoms with van der Waals surface area (Å²) in [4.78, 5) is 43.7. The number of rotatable bonds is 7. The van der Waals surface area contributed by atoms with Gasteiger partial charge in [0.15, 0.2) is 0 Å². The SMILES string of the molecule is CCOC(C)c1ncc(C(=O)N2CCCC(N(CC(=O)O)C(C)=O)CC2)s1. The van der Waals surface area contributed by atoms with Crippen LogP contribution in [-0.4, -0.2) is 70.0 Å². The van der Waals surface area contributed by atoms with Crippen LogP contribution < -0.4 is 0 Å². The van der Waals surface area contributed by atoms with Gasteiger partial charge in [-0.3, -0.25) is 14.4 Å². The lowest BCUT2D eigenvalue weighted by Crippen LogP contribution is -2.43. The fourth-order valence-electron chi connectivity index (χ4n) is 3.29. The molecule has 1 N–H and O–H groups in total. The molecule has 2 heterocycles.